The van der Waals surface area contributed by atoms with E-state index >= 15 is 0 Å². The maximum absolute atomic E-state index is 13.0. The van der Waals surface area contributed by atoms with Gasteiger partial charge in [-0.15, -0.1) is 0 Å². The van der Waals surface area contributed by atoms with Gasteiger partial charge in [0, 0.05) is 11.6 Å². The van der Waals surface area contributed by atoms with Gasteiger partial charge in [0.1, 0.15) is 5.69 Å². The molecule has 2 heterocycles. The summed E-state index contributed by atoms with van der Waals surface area (Å²) in [7, 11) is -3.87. The Hall–Kier alpha value is -1.64. The molecule has 0 spiro atoms. The Morgan fingerprint density at radius 2 is 1.77 bits per heavy atom. The molecule has 1 unspecified atom stereocenters. The predicted octanol–water partition coefficient (Wildman–Crippen LogP) is 4.67. The number of aromatic nitrogens is 1. The molecule has 0 radical (unpaired) electrons. The van der Waals surface area contributed by atoms with E-state index in [1.165, 1.54) is 40.7 Å². The fraction of sp³-hybridized carbons (Fsp3) is 0.353. The zero-order valence-electron chi connectivity index (χ0n) is 13.6. The SMILES string of the molecule is O=S(=O)(c1ccc(Cl)cc1)N1CCCCC1c1cccc(C(F)(F)F)n1. The average molecular weight is 405 g/mol. The molecule has 0 saturated carbocycles. The van der Waals surface area contributed by atoms with Crippen molar-refractivity contribution in [1.29, 1.82) is 0 Å². The maximum Gasteiger partial charge on any atom is 0.433 e. The molecule has 1 saturated heterocycles. The highest BCUT2D eigenvalue weighted by atomic mass is 35.5. The number of piperidine rings is 1. The summed E-state index contributed by atoms with van der Waals surface area (Å²) in [5.74, 6) is 0. The summed E-state index contributed by atoms with van der Waals surface area (Å²) in [6.07, 6.45) is -2.80. The Balaban J connectivity index is 2.00. The van der Waals surface area contributed by atoms with Crippen molar-refractivity contribution >= 4 is 21.6 Å². The highest BCUT2D eigenvalue weighted by molar-refractivity contribution is 7.89. The van der Waals surface area contributed by atoms with E-state index in [-0.39, 0.29) is 17.1 Å². The first-order valence-corrected chi connectivity index (χ1v) is 9.83. The second-order valence-electron chi connectivity index (χ2n) is 6.03. The Labute approximate surface area is 154 Å². The van der Waals surface area contributed by atoms with Crippen molar-refractivity contribution in [1.82, 2.24) is 9.29 Å². The standard InChI is InChI=1S/C17H16ClF3N2O2S/c18-12-7-9-13(10-8-12)26(24,25)23-11-2-1-5-15(23)14-4-3-6-16(22-14)17(19,20)21/h3-4,6-10,15H,1-2,5,11H2. The van der Waals surface area contributed by atoms with E-state index in [0.29, 0.717) is 17.9 Å². The molecule has 1 aromatic carbocycles. The Kier molecular flexibility index (Phi) is 5.28. The van der Waals surface area contributed by atoms with Crippen LogP contribution in [0.2, 0.25) is 5.02 Å². The normalized spacial score (nSPS) is 19.5. The van der Waals surface area contributed by atoms with Gasteiger partial charge in [-0.05, 0) is 49.2 Å². The molecule has 1 fully saturated rings. The first kappa shape index (κ1) is 19.1. The van der Waals surface area contributed by atoms with Crippen LogP contribution < -0.4 is 0 Å². The average Bonchev–Trinajstić information content (AvgIpc) is 2.61. The van der Waals surface area contributed by atoms with E-state index < -0.39 is 27.9 Å². The van der Waals surface area contributed by atoms with Crippen LogP contribution in [0.15, 0.2) is 47.4 Å². The molecule has 1 aromatic heterocycles. The molecule has 2 aromatic rings. The molecule has 0 aliphatic carbocycles. The lowest BCUT2D eigenvalue weighted by atomic mass is 10.0. The minimum Gasteiger partial charge on any atom is -0.247 e. The first-order chi connectivity index (χ1) is 12.2. The summed E-state index contributed by atoms with van der Waals surface area (Å²) in [6.45, 7) is 0.230. The van der Waals surface area contributed by atoms with Gasteiger partial charge in [0.25, 0.3) is 0 Å². The number of sulfonamides is 1. The van der Waals surface area contributed by atoms with Crippen molar-refractivity contribution < 1.29 is 21.6 Å². The Morgan fingerprint density at radius 1 is 1.08 bits per heavy atom. The quantitative estimate of drug-likeness (QED) is 0.747. The third-order valence-electron chi connectivity index (χ3n) is 4.28. The molecule has 1 aliphatic heterocycles. The zero-order valence-corrected chi connectivity index (χ0v) is 15.2. The molecule has 26 heavy (non-hydrogen) atoms. The van der Waals surface area contributed by atoms with Crippen molar-refractivity contribution in [3.05, 3.63) is 58.9 Å². The third-order valence-corrected chi connectivity index (χ3v) is 6.45. The van der Waals surface area contributed by atoms with Gasteiger partial charge in [-0.1, -0.05) is 24.1 Å². The van der Waals surface area contributed by atoms with Gasteiger partial charge in [-0.25, -0.2) is 13.4 Å². The minimum absolute atomic E-state index is 0.0563. The number of halogens is 4. The number of hydrogen-bond acceptors (Lipinski definition) is 3. The second kappa shape index (κ2) is 7.17. The summed E-state index contributed by atoms with van der Waals surface area (Å²) in [4.78, 5) is 3.74. The van der Waals surface area contributed by atoms with E-state index in [2.05, 4.69) is 4.98 Å². The monoisotopic (exact) mass is 404 g/mol. The minimum atomic E-state index is -4.58. The molecule has 1 aliphatic rings. The van der Waals surface area contributed by atoms with Crippen LogP contribution >= 0.6 is 11.6 Å². The van der Waals surface area contributed by atoms with Crippen molar-refractivity contribution in [3.63, 3.8) is 0 Å². The highest BCUT2D eigenvalue weighted by Gasteiger charge is 2.37. The largest absolute Gasteiger partial charge is 0.433 e. The fourth-order valence-electron chi connectivity index (χ4n) is 3.03. The van der Waals surface area contributed by atoms with Crippen LogP contribution in [-0.4, -0.2) is 24.3 Å². The maximum atomic E-state index is 13.0. The van der Waals surface area contributed by atoms with E-state index in [1.54, 1.807) is 0 Å². The summed E-state index contributed by atoms with van der Waals surface area (Å²) in [6, 6.07) is 8.57. The lowest BCUT2D eigenvalue weighted by Gasteiger charge is -2.34. The number of nitrogens with zero attached hydrogens (tertiary/aromatic N) is 2. The van der Waals surface area contributed by atoms with E-state index in [9.17, 15) is 21.6 Å². The molecule has 9 heteroatoms. The molecule has 1 atom stereocenters. The van der Waals surface area contributed by atoms with Crippen LogP contribution in [0.1, 0.15) is 36.7 Å². The van der Waals surface area contributed by atoms with Crippen LogP contribution in [0, 0.1) is 0 Å². The number of pyridine rings is 1. The van der Waals surface area contributed by atoms with Crippen LogP contribution in [0.3, 0.4) is 0 Å². The fourth-order valence-corrected chi connectivity index (χ4v) is 4.82. The lowest BCUT2D eigenvalue weighted by Crippen LogP contribution is -2.39. The number of alkyl halides is 3. The predicted molar refractivity (Wildman–Crippen MR) is 91.2 cm³/mol. The molecule has 0 bridgehead atoms. The first-order valence-electron chi connectivity index (χ1n) is 8.01. The highest BCUT2D eigenvalue weighted by Crippen LogP contribution is 2.36. The van der Waals surface area contributed by atoms with Crippen LogP contribution in [-0.2, 0) is 16.2 Å². The molecule has 0 amide bonds. The van der Waals surface area contributed by atoms with Gasteiger partial charge < -0.3 is 0 Å². The zero-order chi connectivity index (χ0) is 18.9. The molecule has 0 N–H and O–H groups in total. The third kappa shape index (κ3) is 3.87. The van der Waals surface area contributed by atoms with Gasteiger partial charge in [-0.3, -0.25) is 0 Å². The van der Waals surface area contributed by atoms with Crippen molar-refractivity contribution in [3.8, 4) is 0 Å². The Bertz CT molecular complexity index is 886. The van der Waals surface area contributed by atoms with E-state index in [4.69, 9.17) is 11.6 Å². The summed E-state index contributed by atoms with van der Waals surface area (Å²) in [5, 5.41) is 0.402. The topological polar surface area (TPSA) is 50.3 Å². The molecule has 140 valence electrons. The number of benzene rings is 1. The molecule has 3 rings (SSSR count). The Morgan fingerprint density at radius 3 is 2.42 bits per heavy atom. The van der Waals surface area contributed by atoms with Crippen LogP contribution in [0.5, 0.6) is 0 Å². The summed E-state index contributed by atoms with van der Waals surface area (Å²) < 4.78 is 66.1. The van der Waals surface area contributed by atoms with E-state index in [0.717, 1.165) is 12.5 Å². The van der Waals surface area contributed by atoms with Crippen LogP contribution in [0.4, 0.5) is 13.2 Å². The van der Waals surface area contributed by atoms with Gasteiger partial charge >= 0.3 is 6.18 Å². The smallest absolute Gasteiger partial charge is 0.247 e. The van der Waals surface area contributed by atoms with Gasteiger partial charge in [0.15, 0.2) is 0 Å². The molecular formula is C17H16ClF3N2O2S. The number of hydrogen-bond donors (Lipinski definition) is 0. The van der Waals surface area contributed by atoms with E-state index in [1.807, 2.05) is 0 Å². The van der Waals surface area contributed by atoms with Crippen LogP contribution in [0.25, 0.3) is 0 Å². The molecular weight excluding hydrogens is 389 g/mol. The van der Waals surface area contributed by atoms with Gasteiger partial charge in [-0.2, -0.15) is 17.5 Å². The molecule has 4 nitrogen and oxygen atoms in total. The summed E-state index contributed by atoms with van der Waals surface area (Å²) >= 11 is 5.81. The van der Waals surface area contributed by atoms with Crippen molar-refractivity contribution in [2.75, 3.05) is 6.54 Å². The van der Waals surface area contributed by atoms with Gasteiger partial charge in [0.05, 0.1) is 16.6 Å². The second-order valence-corrected chi connectivity index (χ2v) is 8.35. The van der Waals surface area contributed by atoms with Crippen molar-refractivity contribution in [2.24, 2.45) is 0 Å². The van der Waals surface area contributed by atoms with Gasteiger partial charge in [0.2, 0.25) is 10.0 Å². The lowest BCUT2D eigenvalue weighted by molar-refractivity contribution is -0.141. The summed E-state index contributed by atoms with van der Waals surface area (Å²) in [5.41, 5.74) is -0.915. The number of rotatable bonds is 3. The van der Waals surface area contributed by atoms with Crippen molar-refractivity contribution in [2.45, 2.75) is 36.4 Å².